The quantitative estimate of drug-likeness (QED) is 0.826. The predicted molar refractivity (Wildman–Crippen MR) is 66.9 cm³/mol. The van der Waals surface area contributed by atoms with E-state index in [1.54, 1.807) is 19.9 Å². The number of halogens is 1. The number of carbonyl (C=O) groups excluding carboxylic acids is 1. The smallest absolute Gasteiger partial charge is 0.202 e. The molecule has 0 aliphatic carbocycles. The molecule has 2 rings (SSSR count). The van der Waals surface area contributed by atoms with E-state index >= 15 is 0 Å². The standard InChI is InChI=1S/C13H13FO3S/c1-13(2)12(15)7-10(17-13)8-4-5-11(18(3)16)9(14)6-8/h4-7H,1-3H3. The number of hydrogen-bond acceptors (Lipinski definition) is 3. The second-order valence-corrected chi connectivity index (χ2v) is 5.93. The summed E-state index contributed by atoms with van der Waals surface area (Å²) in [4.78, 5) is 11.7. The number of hydrogen-bond donors (Lipinski definition) is 0. The van der Waals surface area contributed by atoms with E-state index in [4.69, 9.17) is 4.74 Å². The molecule has 0 radical (unpaired) electrons. The Balaban J connectivity index is 2.38. The highest BCUT2D eigenvalue weighted by Crippen LogP contribution is 2.31. The molecule has 3 nitrogen and oxygen atoms in total. The average molecular weight is 268 g/mol. The molecule has 1 aliphatic rings. The van der Waals surface area contributed by atoms with Gasteiger partial charge in [-0.25, -0.2) is 4.39 Å². The number of carbonyl (C=O) groups is 1. The molecule has 1 heterocycles. The maximum absolute atomic E-state index is 13.7. The van der Waals surface area contributed by atoms with Gasteiger partial charge in [-0.05, 0) is 32.0 Å². The minimum absolute atomic E-state index is 0.142. The fourth-order valence-corrected chi connectivity index (χ4v) is 2.27. The van der Waals surface area contributed by atoms with Crippen LogP contribution >= 0.6 is 0 Å². The van der Waals surface area contributed by atoms with E-state index in [1.165, 1.54) is 24.5 Å². The fraction of sp³-hybridized carbons (Fsp3) is 0.308. The largest absolute Gasteiger partial charge is 0.479 e. The lowest BCUT2D eigenvalue weighted by molar-refractivity contribution is -0.125. The first kappa shape index (κ1) is 13.0. The number of rotatable bonds is 2. The molecule has 1 unspecified atom stereocenters. The van der Waals surface area contributed by atoms with Crippen LogP contribution in [0.4, 0.5) is 4.39 Å². The molecule has 0 bridgehead atoms. The van der Waals surface area contributed by atoms with Gasteiger partial charge in [0.15, 0.2) is 5.60 Å². The van der Waals surface area contributed by atoms with E-state index in [2.05, 4.69) is 0 Å². The molecule has 0 spiro atoms. The minimum Gasteiger partial charge on any atom is -0.479 e. The first-order chi connectivity index (χ1) is 8.31. The molecule has 1 aromatic carbocycles. The Bertz CT molecular complexity index is 576. The highest BCUT2D eigenvalue weighted by molar-refractivity contribution is 7.84. The van der Waals surface area contributed by atoms with E-state index < -0.39 is 22.2 Å². The highest BCUT2D eigenvalue weighted by atomic mass is 32.2. The summed E-state index contributed by atoms with van der Waals surface area (Å²) < 4.78 is 30.4. The van der Waals surface area contributed by atoms with E-state index in [0.29, 0.717) is 11.3 Å². The van der Waals surface area contributed by atoms with Crippen molar-refractivity contribution in [2.45, 2.75) is 24.3 Å². The van der Waals surface area contributed by atoms with Gasteiger partial charge in [0.2, 0.25) is 5.78 Å². The summed E-state index contributed by atoms with van der Waals surface area (Å²) >= 11 is 0. The van der Waals surface area contributed by atoms with Crippen LogP contribution in [-0.4, -0.2) is 21.8 Å². The first-order valence-corrected chi connectivity index (χ1v) is 6.95. The molecule has 0 saturated heterocycles. The van der Waals surface area contributed by atoms with Crippen LogP contribution in [0.1, 0.15) is 19.4 Å². The van der Waals surface area contributed by atoms with Crippen LogP contribution in [-0.2, 0) is 20.3 Å². The van der Waals surface area contributed by atoms with Crippen molar-refractivity contribution in [2.24, 2.45) is 0 Å². The number of benzene rings is 1. The third-order valence-electron chi connectivity index (χ3n) is 2.75. The molecule has 0 aromatic heterocycles. The van der Waals surface area contributed by atoms with Crippen molar-refractivity contribution in [1.29, 1.82) is 0 Å². The molecule has 0 fully saturated rings. The number of ketones is 1. The lowest BCUT2D eigenvalue weighted by Crippen LogP contribution is -2.27. The molecule has 18 heavy (non-hydrogen) atoms. The maximum Gasteiger partial charge on any atom is 0.202 e. The minimum atomic E-state index is -1.37. The van der Waals surface area contributed by atoms with E-state index in [9.17, 15) is 13.4 Å². The molecular weight excluding hydrogens is 255 g/mol. The van der Waals surface area contributed by atoms with E-state index in [1.807, 2.05) is 0 Å². The lowest BCUT2D eigenvalue weighted by atomic mass is 10.1. The van der Waals surface area contributed by atoms with Crippen LogP contribution in [0, 0.1) is 5.82 Å². The van der Waals surface area contributed by atoms with E-state index in [-0.39, 0.29) is 10.7 Å². The normalized spacial score (nSPS) is 19.3. The van der Waals surface area contributed by atoms with Gasteiger partial charge in [-0.3, -0.25) is 9.00 Å². The summed E-state index contributed by atoms with van der Waals surface area (Å²) in [6.07, 6.45) is 2.77. The predicted octanol–water partition coefficient (Wildman–Crippen LogP) is 2.28. The van der Waals surface area contributed by atoms with Crippen molar-refractivity contribution in [3.8, 4) is 0 Å². The summed E-state index contributed by atoms with van der Waals surface area (Å²) in [6.45, 7) is 3.31. The molecule has 1 aliphatic heterocycles. The average Bonchev–Trinajstić information content (AvgIpc) is 2.53. The summed E-state index contributed by atoms with van der Waals surface area (Å²) in [5.41, 5.74) is -0.432. The third-order valence-corrected chi connectivity index (χ3v) is 3.70. The van der Waals surface area contributed by atoms with Gasteiger partial charge < -0.3 is 4.74 Å². The van der Waals surface area contributed by atoms with Gasteiger partial charge in [-0.2, -0.15) is 0 Å². The summed E-state index contributed by atoms with van der Waals surface area (Å²) in [6, 6.07) is 4.28. The van der Waals surface area contributed by atoms with Gasteiger partial charge in [0.05, 0.1) is 15.7 Å². The van der Waals surface area contributed by atoms with Gasteiger partial charge in [-0.1, -0.05) is 0 Å². The van der Waals surface area contributed by atoms with Crippen LogP contribution < -0.4 is 0 Å². The second kappa shape index (κ2) is 4.31. The van der Waals surface area contributed by atoms with Crippen molar-refractivity contribution in [2.75, 3.05) is 6.26 Å². The topological polar surface area (TPSA) is 43.4 Å². The van der Waals surface area contributed by atoms with Crippen molar-refractivity contribution in [3.63, 3.8) is 0 Å². The Labute approximate surface area is 107 Å². The van der Waals surface area contributed by atoms with Crippen LogP contribution in [0.3, 0.4) is 0 Å². The molecule has 1 aromatic rings. The zero-order valence-electron chi connectivity index (χ0n) is 10.3. The summed E-state index contributed by atoms with van der Waals surface area (Å²) in [5.74, 6) is -0.367. The van der Waals surface area contributed by atoms with Crippen molar-refractivity contribution >= 4 is 22.3 Å². The zero-order chi connectivity index (χ0) is 13.5. The Kier molecular flexibility index (Phi) is 3.11. The van der Waals surface area contributed by atoms with Gasteiger partial charge in [-0.15, -0.1) is 0 Å². The van der Waals surface area contributed by atoms with E-state index in [0.717, 1.165) is 0 Å². The first-order valence-electron chi connectivity index (χ1n) is 5.40. The molecule has 0 amide bonds. The number of ether oxygens (including phenoxy) is 1. The van der Waals surface area contributed by atoms with Gasteiger partial charge in [0.1, 0.15) is 11.6 Å². The monoisotopic (exact) mass is 268 g/mol. The highest BCUT2D eigenvalue weighted by Gasteiger charge is 2.35. The molecule has 0 saturated carbocycles. The van der Waals surface area contributed by atoms with Gasteiger partial charge in [0.25, 0.3) is 0 Å². The van der Waals surface area contributed by atoms with Gasteiger partial charge >= 0.3 is 0 Å². The van der Waals surface area contributed by atoms with Crippen molar-refractivity contribution < 1.29 is 18.1 Å². The lowest BCUT2D eigenvalue weighted by Gasteiger charge is -2.18. The molecule has 5 heteroatoms. The maximum atomic E-state index is 13.7. The Morgan fingerprint density at radius 3 is 2.44 bits per heavy atom. The van der Waals surface area contributed by atoms with Crippen LogP contribution in [0.15, 0.2) is 29.2 Å². The Morgan fingerprint density at radius 1 is 1.33 bits per heavy atom. The third kappa shape index (κ3) is 2.22. The SMILES string of the molecule is CS(=O)c1ccc(C2=CC(=O)C(C)(C)O2)cc1F. The fourth-order valence-electron chi connectivity index (χ4n) is 1.68. The Morgan fingerprint density at radius 2 is 2.00 bits per heavy atom. The summed E-state index contributed by atoms with van der Waals surface area (Å²) in [5, 5.41) is 0. The molecular formula is C13H13FO3S. The molecule has 96 valence electrons. The Hall–Kier alpha value is -1.49. The van der Waals surface area contributed by atoms with Gasteiger partial charge in [0, 0.05) is 17.9 Å². The zero-order valence-corrected chi connectivity index (χ0v) is 11.1. The van der Waals surface area contributed by atoms with Crippen LogP contribution in [0.5, 0.6) is 0 Å². The van der Waals surface area contributed by atoms with Crippen LogP contribution in [0.2, 0.25) is 0 Å². The summed E-state index contributed by atoms with van der Waals surface area (Å²) in [7, 11) is -1.37. The van der Waals surface area contributed by atoms with Crippen molar-refractivity contribution in [3.05, 3.63) is 35.7 Å². The second-order valence-electron chi connectivity index (χ2n) is 4.58. The molecule has 0 N–H and O–H groups in total. The van der Waals surface area contributed by atoms with Crippen LogP contribution in [0.25, 0.3) is 5.76 Å². The molecule has 1 atom stereocenters. The van der Waals surface area contributed by atoms with Crippen molar-refractivity contribution in [1.82, 2.24) is 0 Å².